The summed E-state index contributed by atoms with van der Waals surface area (Å²) in [7, 11) is 0. The van der Waals surface area contributed by atoms with Crippen molar-refractivity contribution in [3.05, 3.63) is 41.9 Å². The lowest BCUT2D eigenvalue weighted by atomic mass is 10.0. The van der Waals surface area contributed by atoms with Gasteiger partial charge in [0.2, 0.25) is 5.91 Å². The second kappa shape index (κ2) is 7.90. The highest BCUT2D eigenvalue weighted by molar-refractivity contribution is 6.31. The number of carbonyl (C=O) groups is 1. The number of alkyl halides is 3. The molecule has 0 fully saturated rings. The van der Waals surface area contributed by atoms with E-state index >= 15 is 0 Å². The summed E-state index contributed by atoms with van der Waals surface area (Å²) in [4.78, 5) is 24.1. The Bertz CT molecular complexity index is 1030. The van der Waals surface area contributed by atoms with Crippen LogP contribution in [-0.4, -0.2) is 39.6 Å². The van der Waals surface area contributed by atoms with Crippen molar-refractivity contribution >= 4 is 34.2 Å². The largest absolute Gasteiger partial charge is 0.405 e. The lowest BCUT2D eigenvalue weighted by molar-refractivity contribution is -0.126. The van der Waals surface area contributed by atoms with Crippen molar-refractivity contribution < 1.29 is 18.0 Å². The molecular formula is C19H19ClF3N5O. The minimum atomic E-state index is -4.53. The van der Waals surface area contributed by atoms with Gasteiger partial charge in [-0.25, -0.2) is 4.98 Å². The fraction of sp³-hybridized carbons (Fsp3) is 0.316. The second-order valence-corrected chi connectivity index (χ2v) is 7.45. The van der Waals surface area contributed by atoms with Gasteiger partial charge in [0.15, 0.2) is 0 Å². The Hall–Kier alpha value is -2.81. The summed E-state index contributed by atoms with van der Waals surface area (Å²) >= 11 is 6.02. The zero-order valence-electron chi connectivity index (χ0n) is 15.7. The van der Waals surface area contributed by atoms with Gasteiger partial charge in [-0.3, -0.25) is 9.78 Å². The number of rotatable bonds is 6. The Balaban J connectivity index is 2.10. The highest BCUT2D eigenvalue weighted by atomic mass is 35.5. The van der Waals surface area contributed by atoms with Crippen LogP contribution in [0.3, 0.4) is 0 Å². The minimum absolute atomic E-state index is 0.140. The van der Waals surface area contributed by atoms with E-state index in [4.69, 9.17) is 17.3 Å². The van der Waals surface area contributed by atoms with Crippen LogP contribution in [0.5, 0.6) is 0 Å². The molecule has 0 spiro atoms. The lowest BCUT2D eigenvalue weighted by Gasteiger charge is -2.34. The van der Waals surface area contributed by atoms with E-state index in [0.29, 0.717) is 27.2 Å². The molecule has 0 radical (unpaired) electrons. The van der Waals surface area contributed by atoms with Crippen LogP contribution in [0, 0.1) is 5.92 Å². The monoisotopic (exact) mass is 425 g/mol. The Morgan fingerprint density at radius 2 is 2.00 bits per heavy atom. The van der Waals surface area contributed by atoms with Gasteiger partial charge in [0.25, 0.3) is 0 Å². The summed E-state index contributed by atoms with van der Waals surface area (Å²) in [5.41, 5.74) is 7.38. The van der Waals surface area contributed by atoms with E-state index in [1.807, 2.05) is 0 Å². The molecule has 0 bridgehead atoms. The Labute approximate surface area is 169 Å². The molecule has 1 atom stereocenters. The maximum absolute atomic E-state index is 13.3. The number of aromatic amines is 1. The highest BCUT2D eigenvalue weighted by Crippen LogP contribution is 2.33. The second-order valence-electron chi connectivity index (χ2n) is 7.02. The van der Waals surface area contributed by atoms with Gasteiger partial charge < -0.3 is 15.6 Å². The molecule has 154 valence electrons. The van der Waals surface area contributed by atoms with Crippen LogP contribution in [0.15, 0.2) is 36.9 Å². The quantitative estimate of drug-likeness (QED) is 0.620. The molecule has 0 saturated carbocycles. The Morgan fingerprint density at radius 1 is 1.28 bits per heavy atom. The molecule has 6 nitrogen and oxygen atoms in total. The molecular weight excluding hydrogens is 407 g/mol. The van der Waals surface area contributed by atoms with Crippen molar-refractivity contribution in [3.8, 4) is 11.1 Å². The van der Waals surface area contributed by atoms with Gasteiger partial charge >= 0.3 is 6.18 Å². The van der Waals surface area contributed by atoms with Gasteiger partial charge in [0, 0.05) is 35.1 Å². The predicted molar refractivity (Wildman–Crippen MR) is 106 cm³/mol. The third-order valence-electron chi connectivity index (χ3n) is 4.47. The number of nitrogens with zero attached hydrogens (tertiary/aromatic N) is 3. The zero-order chi connectivity index (χ0) is 21.3. The number of amides is 1. The van der Waals surface area contributed by atoms with Gasteiger partial charge in [-0.15, -0.1) is 0 Å². The van der Waals surface area contributed by atoms with Crippen molar-refractivity contribution in [2.45, 2.75) is 26.1 Å². The normalized spacial score (nSPS) is 13.1. The van der Waals surface area contributed by atoms with Crippen molar-refractivity contribution in [1.82, 2.24) is 15.0 Å². The molecule has 0 aromatic carbocycles. The molecule has 0 aliphatic heterocycles. The first kappa shape index (κ1) is 20.9. The van der Waals surface area contributed by atoms with Crippen LogP contribution in [0.25, 0.3) is 22.2 Å². The average Bonchev–Trinajstić information content (AvgIpc) is 3.02. The van der Waals surface area contributed by atoms with E-state index in [9.17, 15) is 18.0 Å². The Kier molecular flexibility index (Phi) is 5.70. The summed E-state index contributed by atoms with van der Waals surface area (Å²) < 4.78 is 39.8. The Morgan fingerprint density at radius 3 is 2.62 bits per heavy atom. The first-order valence-electron chi connectivity index (χ1n) is 8.77. The van der Waals surface area contributed by atoms with Crippen molar-refractivity contribution in [2.24, 2.45) is 11.7 Å². The number of carbonyl (C=O) groups excluding carboxylic acids is 1. The van der Waals surface area contributed by atoms with E-state index < -0.39 is 30.6 Å². The van der Waals surface area contributed by atoms with E-state index in [0.717, 1.165) is 4.90 Å². The summed E-state index contributed by atoms with van der Waals surface area (Å²) in [5.74, 6) is -1.27. The number of hydrogen-bond acceptors (Lipinski definition) is 4. The molecule has 3 N–H and O–H groups in total. The average molecular weight is 426 g/mol. The van der Waals surface area contributed by atoms with Crippen LogP contribution < -0.4 is 10.6 Å². The first-order valence-corrected chi connectivity index (χ1v) is 9.15. The van der Waals surface area contributed by atoms with Crippen LogP contribution in [0.4, 0.5) is 18.9 Å². The molecule has 10 heteroatoms. The van der Waals surface area contributed by atoms with Crippen LogP contribution in [0.1, 0.15) is 13.8 Å². The topological polar surface area (TPSA) is 87.9 Å². The lowest BCUT2D eigenvalue weighted by Crippen LogP contribution is -2.51. The van der Waals surface area contributed by atoms with E-state index in [1.165, 1.54) is 18.6 Å². The maximum Gasteiger partial charge on any atom is 0.405 e. The van der Waals surface area contributed by atoms with Gasteiger partial charge in [0.05, 0.1) is 16.9 Å². The smallest absolute Gasteiger partial charge is 0.368 e. The number of primary amides is 1. The van der Waals surface area contributed by atoms with Crippen LogP contribution >= 0.6 is 11.6 Å². The molecule has 0 aliphatic rings. The summed E-state index contributed by atoms with van der Waals surface area (Å²) in [6, 6.07) is 2.10. The standard InChI is InChI=1S/C19H19ClF3N5O/c1-10(2)16(17(24)29)28(9-19(21,22)23)13-3-11(5-25-7-13)15-8-27-18-14(15)4-12(20)6-26-18/h3-8,10,16H,9H2,1-2H3,(H2,24,29)(H,26,27)/t16-/m1/s1. The first-order chi connectivity index (χ1) is 13.6. The van der Waals surface area contributed by atoms with E-state index in [-0.39, 0.29) is 5.69 Å². The number of pyridine rings is 2. The summed E-state index contributed by atoms with van der Waals surface area (Å²) in [6.07, 6.45) is 1.44. The summed E-state index contributed by atoms with van der Waals surface area (Å²) in [5, 5.41) is 1.13. The van der Waals surface area contributed by atoms with Crippen molar-refractivity contribution in [1.29, 1.82) is 0 Å². The fourth-order valence-electron chi connectivity index (χ4n) is 3.33. The maximum atomic E-state index is 13.3. The molecule has 3 aromatic rings. The summed E-state index contributed by atoms with van der Waals surface area (Å²) in [6.45, 7) is 1.96. The molecule has 0 saturated heterocycles. The number of H-pyrrole nitrogens is 1. The number of nitrogens with one attached hydrogen (secondary N) is 1. The SMILES string of the molecule is CC(C)[C@H](C(N)=O)N(CC(F)(F)F)c1cncc(-c2c[nH]c3ncc(Cl)cc23)c1. The molecule has 0 aliphatic carbocycles. The molecule has 3 rings (SSSR count). The third kappa shape index (κ3) is 4.61. The highest BCUT2D eigenvalue weighted by Gasteiger charge is 2.37. The van der Waals surface area contributed by atoms with Gasteiger partial charge in [0.1, 0.15) is 18.2 Å². The number of halogens is 4. The van der Waals surface area contributed by atoms with E-state index in [2.05, 4.69) is 15.0 Å². The molecule has 3 aromatic heterocycles. The molecule has 3 heterocycles. The number of nitrogens with two attached hydrogens (primary N) is 1. The molecule has 0 unspecified atom stereocenters. The molecule has 29 heavy (non-hydrogen) atoms. The van der Waals surface area contributed by atoms with Gasteiger partial charge in [-0.1, -0.05) is 25.4 Å². The van der Waals surface area contributed by atoms with Crippen LogP contribution in [0.2, 0.25) is 5.02 Å². The minimum Gasteiger partial charge on any atom is -0.368 e. The van der Waals surface area contributed by atoms with Crippen molar-refractivity contribution in [3.63, 3.8) is 0 Å². The zero-order valence-corrected chi connectivity index (χ0v) is 16.4. The number of anilines is 1. The third-order valence-corrected chi connectivity index (χ3v) is 4.68. The van der Waals surface area contributed by atoms with Crippen LogP contribution in [-0.2, 0) is 4.79 Å². The van der Waals surface area contributed by atoms with Crippen molar-refractivity contribution in [2.75, 3.05) is 11.4 Å². The van der Waals surface area contributed by atoms with E-state index in [1.54, 1.807) is 32.2 Å². The predicted octanol–water partition coefficient (Wildman–Crippen LogP) is 4.16. The number of hydrogen-bond donors (Lipinski definition) is 2. The number of aromatic nitrogens is 3. The van der Waals surface area contributed by atoms with Gasteiger partial charge in [-0.2, -0.15) is 13.2 Å². The fourth-order valence-corrected chi connectivity index (χ4v) is 3.49. The number of fused-ring (bicyclic) bond motifs is 1. The van der Waals surface area contributed by atoms with Gasteiger partial charge in [-0.05, 0) is 18.1 Å². The molecule has 1 amide bonds.